The molecule has 1 aliphatic heterocycles. The molecule has 6 heteroatoms. The molecule has 6 nitrogen and oxygen atoms in total. The van der Waals surface area contributed by atoms with E-state index in [1.54, 1.807) is 12.1 Å². The van der Waals surface area contributed by atoms with Crippen molar-refractivity contribution in [2.45, 2.75) is 32.5 Å². The molecule has 0 bridgehead atoms. The summed E-state index contributed by atoms with van der Waals surface area (Å²) in [6.07, 6.45) is 0.0734. The number of nitrogens with zero attached hydrogens (tertiary/aromatic N) is 2. The second-order valence-electron chi connectivity index (χ2n) is 5.61. The van der Waals surface area contributed by atoms with Crippen molar-refractivity contribution in [3.8, 4) is 0 Å². The molecule has 2 rings (SSSR count). The predicted molar refractivity (Wildman–Crippen MR) is 74.3 cm³/mol. The molecule has 1 aliphatic rings. The molecule has 1 saturated heterocycles. The van der Waals surface area contributed by atoms with E-state index in [2.05, 4.69) is 4.90 Å². The van der Waals surface area contributed by atoms with Crippen LogP contribution in [0.2, 0.25) is 0 Å². The SMILES string of the molecule is CC1CN(c2cc(N)cc([N+](=O)[O-])c2)CC(C)(C)O1. The van der Waals surface area contributed by atoms with Crippen LogP contribution in [0.5, 0.6) is 0 Å². The van der Waals surface area contributed by atoms with Crippen molar-refractivity contribution in [1.82, 2.24) is 0 Å². The number of benzene rings is 1. The number of nitrogen functional groups attached to an aromatic ring is 1. The molecule has 2 N–H and O–H groups in total. The van der Waals surface area contributed by atoms with E-state index in [-0.39, 0.29) is 17.4 Å². The largest absolute Gasteiger partial charge is 0.398 e. The smallest absolute Gasteiger partial charge is 0.273 e. The predicted octanol–water partition coefficient (Wildman–Crippen LogP) is 2.18. The van der Waals surface area contributed by atoms with Crippen molar-refractivity contribution >= 4 is 17.1 Å². The van der Waals surface area contributed by atoms with Gasteiger partial charge in [0.25, 0.3) is 5.69 Å². The molecule has 1 atom stereocenters. The fourth-order valence-electron chi connectivity index (χ4n) is 2.56. The van der Waals surface area contributed by atoms with Crippen molar-refractivity contribution in [2.24, 2.45) is 0 Å². The number of nitro benzene ring substituents is 1. The van der Waals surface area contributed by atoms with E-state index < -0.39 is 4.92 Å². The number of anilines is 2. The van der Waals surface area contributed by atoms with Crippen LogP contribution in [0.4, 0.5) is 17.1 Å². The molecular formula is C13H19N3O3. The first kappa shape index (κ1) is 13.6. The van der Waals surface area contributed by atoms with Crippen molar-refractivity contribution in [2.75, 3.05) is 23.7 Å². The van der Waals surface area contributed by atoms with Gasteiger partial charge in [-0.25, -0.2) is 0 Å². The summed E-state index contributed by atoms with van der Waals surface area (Å²) in [4.78, 5) is 12.5. The highest BCUT2D eigenvalue weighted by atomic mass is 16.6. The van der Waals surface area contributed by atoms with Crippen LogP contribution in [0.1, 0.15) is 20.8 Å². The average molecular weight is 265 g/mol. The second-order valence-corrected chi connectivity index (χ2v) is 5.61. The molecule has 1 heterocycles. The maximum Gasteiger partial charge on any atom is 0.273 e. The molecule has 0 spiro atoms. The lowest BCUT2D eigenvalue weighted by atomic mass is 10.0. The van der Waals surface area contributed by atoms with Gasteiger partial charge in [0.15, 0.2) is 0 Å². The van der Waals surface area contributed by atoms with Crippen LogP contribution < -0.4 is 10.6 Å². The van der Waals surface area contributed by atoms with Gasteiger partial charge in [-0.05, 0) is 26.8 Å². The summed E-state index contributed by atoms with van der Waals surface area (Å²) >= 11 is 0. The van der Waals surface area contributed by atoms with Crippen LogP contribution in [-0.4, -0.2) is 29.7 Å². The molecule has 1 fully saturated rings. The molecule has 19 heavy (non-hydrogen) atoms. The first-order chi connectivity index (χ1) is 8.77. The van der Waals surface area contributed by atoms with Crippen molar-refractivity contribution in [1.29, 1.82) is 0 Å². The second kappa shape index (κ2) is 4.70. The summed E-state index contributed by atoms with van der Waals surface area (Å²) in [5.74, 6) is 0. The van der Waals surface area contributed by atoms with E-state index in [9.17, 15) is 10.1 Å². The van der Waals surface area contributed by atoms with Crippen molar-refractivity contribution < 1.29 is 9.66 Å². The topological polar surface area (TPSA) is 81.6 Å². The van der Waals surface area contributed by atoms with Crippen LogP contribution in [0.3, 0.4) is 0 Å². The zero-order valence-corrected chi connectivity index (χ0v) is 11.4. The molecule has 1 aromatic rings. The third-order valence-electron chi connectivity index (χ3n) is 3.07. The van der Waals surface area contributed by atoms with Gasteiger partial charge in [0.05, 0.1) is 16.6 Å². The number of nitro groups is 1. The normalized spacial score (nSPS) is 22.3. The molecule has 0 radical (unpaired) electrons. The van der Waals surface area contributed by atoms with Crippen LogP contribution in [-0.2, 0) is 4.74 Å². The zero-order chi connectivity index (χ0) is 14.2. The Bertz CT molecular complexity index is 502. The Labute approximate surface area is 112 Å². The van der Waals surface area contributed by atoms with Gasteiger partial charge in [-0.1, -0.05) is 0 Å². The molecular weight excluding hydrogens is 246 g/mol. The summed E-state index contributed by atoms with van der Waals surface area (Å²) in [6.45, 7) is 7.39. The van der Waals surface area contributed by atoms with Gasteiger partial charge >= 0.3 is 0 Å². The first-order valence-corrected chi connectivity index (χ1v) is 6.24. The monoisotopic (exact) mass is 265 g/mol. The lowest BCUT2D eigenvalue weighted by Crippen LogP contribution is -2.52. The number of ether oxygens (including phenoxy) is 1. The molecule has 0 aliphatic carbocycles. The van der Waals surface area contributed by atoms with Crippen LogP contribution in [0, 0.1) is 10.1 Å². The summed E-state index contributed by atoms with van der Waals surface area (Å²) in [5.41, 5.74) is 6.66. The van der Waals surface area contributed by atoms with E-state index in [0.717, 1.165) is 5.69 Å². The summed E-state index contributed by atoms with van der Waals surface area (Å²) < 4.78 is 5.83. The molecule has 0 amide bonds. The van der Waals surface area contributed by atoms with E-state index in [0.29, 0.717) is 18.8 Å². The Hall–Kier alpha value is -1.82. The van der Waals surface area contributed by atoms with Gasteiger partial charge in [0.2, 0.25) is 0 Å². The maximum atomic E-state index is 10.9. The number of nitrogens with two attached hydrogens (primary N) is 1. The van der Waals surface area contributed by atoms with Crippen molar-refractivity contribution in [3.05, 3.63) is 28.3 Å². The zero-order valence-electron chi connectivity index (χ0n) is 11.4. The number of morpholine rings is 1. The third kappa shape index (κ3) is 3.14. The minimum atomic E-state index is -0.422. The summed E-state index contributed by atoms with van der Waals surface area (Å²) in [5, 5.41) is 10.9. The van der Waals surface area contributed by atoms with Crippen LogP contribution in [0.25, 0.3) is 0 Å². The lowest BCUT2D eigenvalue weighted by Gasteiger charge is -2.42. The van der Waals surface area contributed by atoms with Crippen LogP contribution in [0.15, 0.2) is 18.2 Å². The Morgan fingerprint density at radius 2 is 2.16 bits per heavy atom. The van der Waals surface area contributed by atoms with Gasteiger partial charge in [-0.15, -0.1) is 0 Å². The fourth-order valence-corrected chi connectivity index (χ4v) is 2.56. The van der Waals surface area contributed by atoms with Crippen molar-refractivity contribution in [3.63, 3.8) is 0 Å². The standard InChI is InChI=1S/C13H19N3O3/c1-9-7-15(8-13(2,3)19-9)11-4-10(14)5-12(6-11)16(17)18/h4-6,9H,7-8,14H2,1-3H3. The number of hydrogen-bond acceptors (Lipinski definition) is 5. The van der Waals surface area contributed by atoms with Gasteiger partial charge in [0.1, 0.15) is 0 Å². The number of hydrogen-bond donors (Lipinski definition) is 1. The Balaban J connectivity index is 2.33. The summed E-state index contributed by atoms with van der Waals surface area (Å²) in [7, 11) is 0. The highest BCUT2D eigenvalue weighted by Gasteiger charge is 2.32. The van der Waals surface area contributed by atoms with Gasteiger partial charge < -0.3 is 15.4 Å². The molecule has 0 aromatic heterocycles. The highest BCUT2D eigenvalue weighted by molar-refractivity contribution is 5.63. The number of non-ortho nitro benzene ring substituents is 1. The van der Waals surface area contributed by atoms with Crippen LogP contribution >= 0.6 is 0 Å². The molecule has 0 saturated carbocycles. The minimum Gasteiger partial charge on any atom is -0.398 e. The quantitative estimate of drug-likeness (QED) is 0.503. The average Bonchev–Trinajstić information content (AvgIpc) is 2.25. The third-order valence-corrected chi connectivity index (χ3v) is 3.07. The Morgan fingerprint density at radius 3 is 2.74 bits per heavy atom. The van der Waals surface area contributed by atoms with E-state index in [1.165, 1.54) is 6.07 Å². The van der Waals surface area contributed by atoms with E-state index in [1.807, 2.05) is 20.8 Å². The number of rotatable bonds is 2. The maximum absolute atomic E-state index is 10.9. The first-order valence-electron chi connectivity index (χ1n) is 6.24. The Kier molecular flexibility index (Phi) is 3.36. The molecule has 1 unspecified atom stereocenters. The molecule has 1 aromatic carbocycles. The van der Waals surface area contributed by atoms with E-state index in [4.69, 9.17) is 10.5 Å². The Morgan fingerprint density at radius 1 is 1.47 bits per heavy atom. The lowest BCUT2D eigenvalue weighted by molar-refractivity contribution is -0.384. The fraction of sp³-hybridized carbons (Fsp3) is 0.538. The summed E-state index contributed by atoms with van der Waals surface area (Å²) in [6, 6.07) is 4.70. The van der Waals surface area contributed by atoms with Gasteiger partial charge in [0, 0.05) is 36.6 Å². The van der Waals surface area contributed by atoms with E-state index >= 15 is 0 Å². The minimum absolute atomic E-state index is 0.0203. The highest BCUT2D eigenvalue weighted by Crippen LogP contribution is 2.30. The van der Waals surface area contributed by atoms with Gasteiger partial charge in [-0.2, -0.15) is 0 Å². The van der Waals surface area contributed by atoms with Gasteiger partial charge in [-0.3, -0.25) is 10.1 Å². The molecule has 104 valence electrons.